The Bertz CT molecular complexity index is 1610. The van der Waals surface area contributed by atoms with Gasteiger partial charge in [-0.05, 0) is 53.8 Å². The molecule has 0 bridgehead atoms. The summed E-state index contributed by atoms with van der Waals surface area (Å²) in [4.78, 5) is 26.2. The average molecular weight is 514 g/mol. The molecular weight excluding hydrogens is 482 g/mol. The molecule has 0 aliphatic heterocycles. The molecule has 39 heavy (non-hydrogen) atoms. The summed E-state index contributed by atoms with van der Waals surface area (Å²) in [6, 6.07) is 33.9. The Hall–Kier alpha value is -4.90. The standard InChI is InChI=1S/C34H31N3O2/c1-23-8-14-26(15-9-23)27-18-12-25(13-19-27)21-35-34(39)32-20-29(22-37(32)3)36-33(38)31-7-5-4-6-30(31)28-16-10-24(2)11-17-28/h4-20,22H,21H2,1-3H3,(H,35,39)(H,36,38). The molecule has 1 aromatic heterocycles. The molecule has 0 radical (unpaired) electrons. The smallest absolute Gasteiger partial charge is 0.268 e. The van der Waals surface area contributed by atoms with Crippen molar-refractivity contribution in [3.63, 3.8) is 0 Å². The molecule has 0 aliphatic carbocycles. The van der Waals surface area contributed by atoms with Gasteiger partial charge in [0.15, 0.2) is 0 Å². The second kappa shape index (κ2) is 11.2. The molecule has 0 unspecified atom stereocenters. The zero-order valence-corrected chi connectivity index (χ0v) is 22.4. The maximum absolute atomic E-state index is 13.2. The number of anilines is 1. The van der Waals surface area contributed by atoms with Gasteiger partial charge in [-0.25, -0.2) is 0 Å². The lowest BCUT2D eigenvalue weighted by Crippen LogP contribution is -2.24. The molecule has 2 N–H and O–H groups in total. The van der Waals surface area contributed by atoms with E-state index >= 15 is 0 Å². The van der Waals surface area contributed by atoms with E-state index in [1.54, 1.807) is 23.9 Å². The van der Waals surface area contributed by atoms with Gasteiger partial charge >= 0.3 is 0 Å². The van der Waals surface area contributed by atoms with Crippen molar-refractivity contribution in [3.05, 3.63) is 137 Å². The molecule has 5 heteroatoms. The van der Waals surface area contributed by atoms with Crippen LogP contribution in [0.25, 0.3) is 22.3 Å². The number of nitrogens with one attached hydrogen (secondary N) is 2. The number of rotatable bonds is 7. The van der Waals surface area contributed by atoms with Crippen molar-refractivity contribution in [2.45, 2.75) is 20.4 Å². The molecule has 4 aromatic carbocycles. The van der Waals surface area contributed by atoms with Crippen molar-refractivity contribution in [1.29, 1.82) is 0 Å². The van der Waals surface area contributed by atoms with Crippen molar-refractivity contribution >= 4 is 17.5 Å². The van der Waals surface area contributed by atoms with E-state index in [9.17, 15) is 9.59 Å². The first kappa shape index (κ1) is 25.7. The van der Waals surface area contributed by atoms with Gasteiger partial charge in [0.05, 0.1) is 5.69 Å². The zero-order chi connectivity index (χ0) is 27.4. The van der Waals surface area contributed by atoms with E-state index in [-0.39, 0.29) is 11.8 Å². The molecular formula is C34H31N3O2. The monoisotopic (exact) mass is 513 g/mol. The highest BCUT2D eigenvalue weighted by Gasteiger charge is 2.16. The lowest BCUT2D eigenvalue weighted by atomic mass is 9.98. The van der Waals surface area contributed by atoms with Gasteiger partial charge < -0.3 is 15.2 Å². The van der Waals surface area contributed by atoms with Crippen LogP contribution >= 0.6 is 0 Å². The minimum absolute atomic E-state index is 0.208. The number of benzene rings is 4. The van der Waals surface area contributed by atoms with Crippen LogP contribution in [0.5, 0.6) is 0 Å². The van der Waals surface area contributed by atoms with E-state index < -0.39 is 0 Å². The number of hydrogen-bond donors (Lipinski definition) is 2. The van der Waals surface area contributed by atoms with E-state index in [0.29, 0.717) is 23.5 Å². The number of carbonyl (C=O) groups excluding carboxylic acids is 2. The third-order valence-electron chi connectivity index (χ3n) is 6.82. The van der Waals surface area contributed by atoms with Crippen LogP contribution in [0.3, 0.4) is 0 Å². The summed E-state index contributed by atoms with van der Waals surface area (Å²) >= 11 is 0. The van der Waals surface area contributed by atoms with Crippen LogP contribution in [0.2, 0.25) is 0 Å². The number of aryl methyl sites for hydroxylation is 3. The summed E-state index contributed by atoms with van der Waals surface area (Å²) < 4.78 is 1.72. The van der Waals surface area contributed by atoms with Crippen LogP contribution in [0.15, 0.2) is 109 Å². The van der Waals surface area contributed by atoms with E-state index in [4.69, 9.17) is 0 Å². The topological polar surface area (TPSA) is 63.1 Å². The van der Waals surface area contributed by atoms with Gasteiger partial charge in [0.1, 0.15) is 5.69 Å². The molecule has 0 atom stereocenters. The highest BCUT2D eigenvalue weighted by atomic mass is 16.2. The lowest BCUT2D eigenvalue weighted by Gasteiger charge is -2.10. The minimum Gasteiger partial charge on any atom is -0.347 e. The number of aromatic nitrogens is 1. The third kappa shape index (κ3) is 5.99. The Morgan fingerprint density at radius 1 is 0.692 bits per heavy atom. The summed E-state index contributed by atoms with van der Waals surface area (Å²) in [6.45, 7) is 4.52. The molecule has 0 spiro atoms. The minimum atomic E-state index is -0.225. The maximum atomic E-state index is 13.2. The van der Waals surface area contributed by atoms with Gasteiger partial charge in [0.25, 0.3) is 11.8 Å². The third-order valence-corrected chi connectivity index (χ3v) is 6.82. The first-order valence-electron chi connectivity index (χ1n) is 13.0. The van der Waals surface area contributed by atoms with Crippen molar-refractivity contribution in [2.24, 2.45) is 7.05 Å². The first-order chi connectivity index (χ1) is 18.9. The number of amides is 2. The van der Waals surface area contributed by atoms with Crippen LogP contribution in [-0.2, 0) is 13.6 Å². The van der Waals surface area contributed by atoms with E-state index in [1.807, 2.05) is 67.6 Å². The second-order valence-electron chi connectivity index (χ2n) is 9.84. The largest absolute Gasteiger partial charge is 0.347 e. The lowest BCUT2D eigenvalue weighted by molar-refractivity contribution is 0.0942. The maximum Gasteiger partial charge on any atom is 0.268 e. The van der Waals surface area contributed by atoms with Crippen molar-refractivity contribution in [3.8, 4) is 22.3 Å². The van der Waals surface area contributed by atoms with Gasteiger partial charge in [-0.3, -0.25) is 9.59 Å². The zero-order valence-electron chi connectivity index (χ0n) is 22.4. The van der Waals surface area contributed by atoms with Crippen LogP contribution in [0.1, 0.15) is 37.5 Å². The number of hydrogen-bond acceptors (Lipinski definition) is 2. The molecule has 0 aliphatic rings. The molecule has 2 amide bonds. The van der Waals surface area contributed by atoms with Gasteiger partial charge in [-0.15, -0.1) is 0 Å². The SMILES string of the molecule is Cc1ccc(-c2ccc(CNC(=O)c3cc(NC(=O)c4ccccc4-c4ccc(C)cc4)cn3C)cc2)cc1. The summed E-state index contributed by atoms with van der Waals surface area (Å²) in [6.07, 6.45) is 1.75. The fourth-order valence-corrected chi connectivity index (χ4v) is 4.56. The number of nitrogens with zero attached hydrogens (tertiary/aromatic N) is 1. The molecule has 5 nitrogen and oxygen atoms in total. The average Bonchev–Trinajstić information content (AvgIpc) is 3.32. The fourth-order valence-electron chi connectivity index (χ4n) is 4.56. The Balaban J connectivity index is 1.24. The Morgan fingerprint density at radius 3 is 1.90 bits per heavy atom. The highest BCUT2D eigenvalue weighted by molar-refractivity contribution is 6.09. The Kier molecular flexibility index (Phi) is 7.41. The van der Waals surface area contributed by atoms with Crippen molar-refractivity contribution in [1.82, 2.24) is 9.88 Å². The molecule has 0 saturated heterocycles. The van der Waals surface area contributed by atoms with Crippen molar-refractivity contribution in [2.75, 3.05) is 5.32 Å². The fraction of sp³-hybridized carbons (Fsp3) is 0.118. The quantitative estimate of drug-likeness (QED) is 0.243. The van der Waals surface area contributed by atoms with E-state index in [0.717, 1.165) is 33.4 Å². The number of carbonyl (C=O) groups is 2. The molecule has 0 fully saturated rings. The van der Waals surface area contributed by atoms with Gasteiger partial charge in [0.2, 0.25) is 0 Å². The highest BCUT2D eigenvalue weighted by Crippen LogP contribution is 2.25. The predicted molar refractivity (Wildman–Crippen MR) is 158 cm³/mol. The first-order valence-corrected chi connectivity index (χ1v) is 13.0. The summed E-state index contributed by atoms with van der Waals surface area (Å²) in [5.41, 5.74) is 9.14. The van der Waals surface area contributed by atoms with Crippen LogP contribution in [0.4, 0.5) is 5.69 Å². The van der Waals surface area contributed by atoms with Gasteiger partial charge in [-0.1, -0.05) is 102 Å². The van der Waals surface area contributed by atoms with Crippen LogP contribution < -0.4 is 10.6 Å². The Morgan fingerprint density at radius 2 is 1.26 bits per heavy atom. The normalized spacial score (nSPS) is 10.7. The summed E-state index contributed by atoms with van der Waals surface area (Å²) in [5.74, 6) is -0.432. The molecule has 1 heterocycles. The van der Waals surface area contributed by atoms with E-state index in [1.165, 1.54) is 5.56 Å². The second-order valence-corrected chi connectivity index (χ2v) is 9.84. The van der Waals surface area contributed by atoms with Gasteiger partial charge in [-0.2, -0.15) is 0 Å². The van der Waals surface area contributed by atoms with Crippen molar-refractivity contribution < 1.29 is 9.59 Å². The predicted octanol–water partition coefficient (Wildman–Crippen LogP) is 7.16. The van der Waals surface area contributed by atoms with E-state index in [2.05, 4.69) is 54.0 Å². The molecule has 194 valence electrons. The van der Waals surface area contributed by atoms with Gasteiger partial charge in [0, 0.05) is 25.4 Å². The molecule has 5 rings (SSSR count). The molecule has 5 aromatic rings. The van der Waals surface area contributed by atoms with Crippen LogP contribution in [0, 0.1) is 13.8 Å². The van der Waals surface area contributed by atoms with Crippen LogP contribution in [-0.4, -0.2) is 16.4 Å². The Labute approximate surface area is 229 Å². The molecule has 0 saturated carbocycles. The summed E-state index contributed by atoms with van der Waals surface area (Å²) in [7, 11) is 1.79. The summed E-state index contributed by atoms with van der Waals surface area (Å²) in [5, 5.41) is 5.94.